The lowest BCUT2D eigenvalue weighted by atomic mass is 9.93. The number of methoxy groups -OCH3 is 2. The molecule has 2 N–H and O–H groups in total. The first-order valence-electron chi connectivity index (χ1n) is 12.1. The molecule has 0 aromatic heterocycles. The Morgan fingerprint density at radius 3 is 2.26 bits per heavy atom. The van der Waals surface area contributed by atoms with Crippen molar-refractivity contribution in [1.29, 1.82) is 0 Å². The predicted octanol–water partition coefficient (Wildman–Crippen LogP) is 4.93. The first-order chi connectivity index (χ1) is 18.2. The Morgan fingerprint density at radius 1 is 0.974 bits per heavy atom. The van der Waals surface area contributed by atoms with Crippen LogP contribution in [0.1, 0.15) is 58.4 Å². The van der Waals surface area contributed by atoms with Crippen molar-refractivity contribution >= 4 is 23.4 Å². The van der Waals surface area contributed by atoms with Crippen LogP contribution in [0.15, 0.2) is 72.3 Å². The van der Waals surface area contributed by atoms with Crippen LogP contribution in [0.3, 0.4) is 0 Å². The number of Topliss-reactive ketones (excluding diaryl/α,β-unsaturated/α-hetero) is 1. The number of benzene rings is 3. The van der Waals surface area contributed by atoms with Gasteiger partial charge in [-0.1, -0.05) is 38.1 Å². The van der Waals surface area contributed by atoms with Crippen LogP contribution in [-0.4, -0.2) is 47.0 Å². The van der Waals surface area contributed by atoms with Gasteiger partial charge in [-0.25, -0.2) is 4.79 Å². The van der Waals surface area contributed by atoms with Crippen molar-refractivity contribution in [2.75, 3.05) is 14.2 Å². The number of phenolic OH excluding ortho intramolecular Hbond substituents is 1. The van der Waals surface area contributed by atoms with Gasteiger partial charge in [0.1, 0.15) is 17.3 Å². The largest absolute Gasteiger partial charge is 0.508 e. The molecule has 1 fully saturated rings. The van der Waals surface area contributed by atoms with Gasteiger partial charge in [-0.3, -0.25) is 9.59 Å². The molecule has 0 saturated carbocycles. The third-order valence-electron chi connectivity index (χ3n) is 6.58. The summed E-state index contributed by atoms with van der Waals surface area (Å²) < 4.78 is 10.2. The molecule has 0 bridgehead atoms. The number of esters is 1. The standard InChI is InChI=1S/C30H29NO7/c1-17(2)23-15-21(12-13-24(23)37-3)27(33)25-26(20-6-5-7-22(32)14-20)31(29(35)28(25)34)16-18-8-10-19(11-9-18)30(36)38-4/h5-15,17,26,32-33H,16H2,1-4H3/b27-25-. The fourth-order valence-corrected chi connectivity index (χ4v) is 4.63. The van der Waals surface area contributed by atoms with E-state index in [-0.39, 0.29) is 29.5 Å². The molecule has 1 amide bonds. The first kappa shape index (κ1) is 26.5. The second kappa shape index (κ2) is 10.8. The number of aliphatic hydroxyl groups excluding tert-OH is 1. The summed E-state index contributed by atoms with van der Waals surface area (Å²) in [4.78, 5) is 39.8. The minimum Gasteiger partial charge on any atom is -0.508 e. The molecule has 3 aromatic carbocycles. The van der Waals surface area contributed by atoms with E-state index in [1.165, 1.54) is 24.1 Å². The van der Waals surface area contributed by atoms with Gasteiger partial charge in [0.05, 0.1) is 31.4 Å². The summed E-state index contributed by atoms with van der Waals surface area (Å²) in [6.07, 6.45) is 0. The predicted molar refractivity (Wildman–Crippen MR) is 141 cm³/mol. The molecule has 1 unspecified atom stereocenters. The number of aliphatic hydroxyl groups is 1. The van der Waals surface area contributed by atoms with Gasteiger partial charge in [-0.15, -0.1) is 0 Å². The van der Waals surface area contributed by atoms with E-state index in [0.717, 1.165) is 5.56 Å². The van der Waals surface area contributed by atoms with Gasteiger partial charge in [0.25, 0.3) is 11.7 Å². The number of likely N-dealkylation sites (tertiary alicyclic amines) is 1. The molecule has 38 heavy (non-hydrogen) atoms. The SMILES string of the molecule is COC(=O)c1ccc(CN2C(=O)C(=O)/C(=C(\O)c3ccc(OC)c(C(C)C)c3)C2c2cccc(O)c2)cc1. The zero-order chi connectivity index (χ0) is 27.6. The first-order valence-corrected chi connectivity index (χ1v) is 12.1. The smallest absolute Gasteiger partial charge is 0.337 e. The Morgan fingerprint density at radius 2 is 1.66 bits per heavy atom. The average molecular weight is 516 g/mol. The van der Waals surface area contributed by atoms with Crippen molar-refractivity contribution in [3.63, 3.8) is 0 Å². The number of nitrogens with zero attached hydrogens (tertiary/aromatic N) is 1. The average Bonchev–Trinajstić information content (AvgIpc) is 3.17. The number of carbonyl (C=O) groups excluding carboxylic acids is 3. The number of ketones is 1. The summed E-state index contributed by atoms with van der Waals surface area (Å²) in [5.74, 6) is -1.73. The van der Waals surface area contributed by atoms with E-state index in [0.29, 0.717) is 28.0 Å². The summed E-state index contributed by atoms with van der Waals surface area (Å²) in [6.45, 7) is 4.00. The number of carbonyl (C=O) groups is 3. The number of hydrogen-bond donors (Lipinski definition) is 2. The lowest BCUT2D eigenvalue weighted by Crippen LogP contribution is -2.29. The number of amides is 1. The van der Waals surface area contributed by atoms with Crippen molar-refractivity contribution < 1.29 is 34.1 Å². The van der Waals surface area contributed by atoms with Gasteiger partial charge in [-0.05, 0) is 65.1 Å². The molecule has 8 nitrogen and oxygen atoms in total. The Labute approximate surface area is 220 Å². The van der Waals surface area contributed by atoms with Crippen molar-refractivity contribution in [1.82, 2.24) is 4.90 Å². The van der Waals surface area contributed by atoms with Gasteiger partial charge in [0.2, 0.25) is 0 Å². The number of hydrogen-bond acceptors (Lipinski definition) is 7. The maximum Gasteiger partial charge on any atom is 0.337 e. The van der Waals surface area contributed by atoms with E-state index in [1.54, 1.807) is 61.7 Å². The van der Waals surface area contributed by atoms with Crippen LogP contribution in [0.4, 0.5) is 0 Å². The normalized spacial score (nSPS) is 16.7. The molecule has 1 heterocycles. The van der Waals surface area contributed by atoms with Gasteiger partial charge >= 0.3 is 5.97 Å². The van der Waals surface area contributed by atoms with Gasteiger partial charge in [0.15, 0.2) is 0 Å². The van der Waals surface area contributed by atoms with E-state index in [4.69, 9.17) is 9.47 Å². The number of rotatable bonds is 7. The maximum atomic E-state index is 13.4. The lowest BCUT2D eigenvalue weighted by molar-refractivity contribution is -0.140. The van der Waals surface area contributed by atoms with Gasteiger partial charge in [0, 0.05) is 12.1 Å². The van der Waals surface area contributed by atoms with Gasteiger partial charge < -0.3 is 24.6 Å². The van der Waals surface area contributed by atoms with E-state index in [1.807, 2.05) is 13.8 Å². The topological polar surface area (TPSA) is 113 Å². The molecule has 3 aromatic rings. The summed E-state index contributed by atoms with van der Waals surface area (Å²) in [5, 5.41) is 21.6. The molecule has 1 aliphatic heterocycles. The van der Waals surface area contributed by atoms with Crippen LogP contribution >= 0.6 is 0 Å². The summed E-state index contributed by atoms with van der Waals surface area (Å²) in [5.41, 5.74) is 2.62. The third-order valence-corrected chi connectivity index (χ3v) is 6.58. The Kier molecular flexibility index (Phi) is 7.52. The van der Waals surface area contributed by atoms with Crippen LogP contribution < -0.4 is 4.74 Å². The van der Waals surface area contributed by atoms with E-state index in [2.05, 4.69) is 0 Å². The second-order valence-electron chi connectivity index (χ2n) is 9.32. The van der Waals surface area contributed by atoms with Gasteiger partial charge in [-0.2, -0.15) is 0 Å². The molecule has 0 aliphatic carbocycles. The highest BCUT2D eigenvalue weighted by molar-refractivity contribution is 6.46. The highest BCUT2D eigenvalue weighted by Crippen LogP contribution is 2.41. The van der Waals surface area contributed by atoms with Crippen molar-refractivity contribution in [3.8, 4) is 11.5 Å². The van der Waals surface area contributed by atoms with Crippen LogP contribution in [0.5, 0.6) is 11.5 Å². The minimum atomic E-state index is -0.952. The zero-order valence-corrected chi connectivity index (χ0v) is 21.6. The van der Waals surface area contributed by atoms with Crippen molar-refractivity contribution in [2.45, 2.75) is 32.4 Å². The molecular formula is C30H29NO7. The monoisotopic (exact) mass is 515 g/mol. The molecule has 1 aliphatic rings. The molecule has 4 rings (SSSR count). The quantitative estimate of drug-likeness (QED) is 0.198. The van der Waals surface area contributed by atoms with Crippen molar-refractivity contribution in [3.05, 3.63) is 100 Å². The summed E-state index contributed by atoms with van der Waals surface area (Å²) >= 11 is 0. The highest BCUT2D eigenvalue weighted by Gasteiger charge is 2.46. The molecule has 196 valence electrons. The van der Waals surface area contributed by atoms with Crippen molar-refractivity contribution in [2.24, 2.45) is 0 Å². The Bertz CT molecular complexity index is 1420. The van der Waals surface area contributed by atoms with Crippen LogP contribution in [0, 0.1) is 0 Å². The number of phenols is 1. The van der Waals surface area contributed by atoms with Crippen LogP contribution in [-0.2, 0) is 20.9 Å². The Hall–Kier alpha value is -4.59. The van der Waals surface area contributed by atoms with Crippen LogP contribution in [0.25, 0.3) is 5.76 Å². The van der Waals surface area contributed by atoms with E-state index >= 15 is 0 Å². The molecule has 1 atom stereocenters. The Balaban J connectivity index is 1.83. The third kappa shape index (κ3) is 4.98. The highest BCUT2D eigenvalue weighted by atomic mass is 16.5. The fourth-order valence-electron chi connectivity index (χ4n) is 4.63. The summed E-state index contributed by atoms with van der Waals surface area (Å²) in [7, 11) is 2.85. The zero-order valence-electron chi connectivity index (χ0n) is 21.6. The van der Waals surface area contributed by atoms with E-state index in [9.17, 15) is 24.6 Å². The minimum absolute atomic E-state index is 0.0307. The van der Waals surface area contributed by atoms with Crippen LogP contribution in [0.2, 0.25) is 0 Å². The number of aromatic hydroxyl groups is 1. The van der Waals surface area contributed by atoms with E-state index < -0.39 is 23.7 Å². The molecule has 0 radical (unpaired) electrons. The molecule has 8 heteroatoms. The molecular weight excluding hydrogens is 486 g/mol. The molecule has 1 saturated heterocycles. The fraction of sp³-hybridized carbons (Fsp3) is 0.233. The molecule has 0 spiro atoms. The number of ether oxygens (including phenoxy) is 2. The maximum absolute atomic E-state index is 13.4. The lowest BCUT2D eigenvalue weighted by Gasteiger charge is -2.25. The second-order valence-corrected chi connectivity index (χ2v) is 9.32. The summed E-state index contributed by atoms with van der Waals surface area (Å²) in [6, 6.07) is 16.9.